The lowest BCUT2D eigenvalue weighted by molar-refractivity contribution is 0.466. The van der Waals surface area contributed by atoms with Gasteiger partial charge in [0.1, 0.15) is 22.4 Å². The van der Waals surface area contributed by atoms with Crippen molar-refractivity contribution in [2.75, 3.05) is 0 Å². The molecular formula is C26H15ClN2O2S. The summed E-state index contributed by atoms with van der Waals surface area (Å²) in [6.07, 6.45) is 0. The van der Waals surface area contributed by atoms with Gasteiger partial charge in [-0.05, 0) is 41.1 Å². The number of nitriles is 1. The summed E-state index contributed by atoms with van der Waals surface area (Å²) in [6.45, 7) is 0. The number of halogens is 1. The van der Waals surface area contributed by atoms with Crippen LogP contribution in [0.2, 0.25) is 5.02 Å². The molecule has 1 N–H and O–H groups in total. The van der Waals surface area contributed by atoms with Crippen LogP contribution in [0.3, 0.4) is 0 Å². The molecule has 154 valence electrons. The second-order valence-corrected chi connectivity index (χ2v) is 8.34. The van der Waals surface area contributed by atoms with Crippen molar-refractivity contribution >= 4 is 45.0 Å². The van der Waals surface area contributed by atoms with E-state index >= 15 is 0 Å². The van der Waals surface area contributed by atoms with Crippen LogP contribution in [0.15, 0.2) is 88.7 Å². The molecule has 0 aliphatic heterocycles. The topological polar surface area (TPSA) is 70.0 Å². The van der Waals surface area contributed by atoms with Gasteiger partial charge in [-0.25, -0.2) is 4.98 Å². The number of rotatable bonds is 4. The monoisotopic (exact) mass is 454 g/mol. The van der Waals surface area contributed by atoms with E-state index in [9.17, 15) is 10.4 Å². The van der Waals surface area contributed by atoms with Gasteiger partial charge in [0.05, 0.1) is 10.7 Å². The fourth-order valence-corrected chi connectivity index (χ4v) is 4.52. The number of aliphatic hydroxyl groups excluding tert-OH is 1. The molecule has 5 aromatic rings. The summed E-state index contributed by atoms with van der Waals surface area (Å²) >= 11 is 7.53. The van der Waals surface area contributed by atoms with Gasteiger partial charge >= 0.3 is 0 Å². The molecule has 4 nitrogen and oxygen atoms in total. The summed E-state index contributed by atoms with van der Waals surface area (Å²) in [5.41, 5.74) is 2.45. The molecule has 0 fully saturated rings. The highest BCUT2D eigenvalue weighted by Crippen LogP contribution is 2.34. The quantitative estimate of drug-likeness (QED) is 0.222. The van der Waals surface area contributed by atoms with E-state index in [1.807, 2.05) is 53.9 Å². The molecule has 32 heavy (non-hydrogen) atoms. The normalized spacial score (nSPS) is 11.9. The van der Waals surface area contributed by atoms with Crippen molar-refractivity contribution in [3.05, 3.63) is 100 Å². The predicted octanol–water partition coefficient (Wildman–Crippen LogP) is 7.83. The largest absolute Gasteiger partial charge is 0.503 e. The number of hydrogen-bond donors (Lipinski definition) is 1. The van der Waals surface area contributed by atoms with Crippen LogP contribution in [0, 0.1) is 11.3 Å². The molecule has 0 bridgehead atoms. The molecule has 0 radical (unpaired) electrons. The van der Waals surface area contributed by atoms with Gasteiger partial charge in [0.25, 0.3) is 0 Å². The Morgan fingerprint density at radius 1 is 0.969 bits per heavy atom. The van der Waals surface area contributed by atoms with Crippen molar-refractivity contribution in [1.29, 1.82) is 5.26 Å². The number of thiazole rings is 1. The third kappa shape index (κ3) is 3.67. The third-order valence-corrected chi connectivity index (χ3v) is 6.28. The van der Waals surface area contributed by atoms with Gasteiger partial charge in [-0.2, -0.15) is 5.26 Å². The van der Waals surface area contributed by atoms with Crippen LogP contribution >= 0.6 is 22.9 Å². The molecule has 3 aromatic carbocycles. The second-order valence-electron chi connectivity index (χ2n) is 7.08. The van der Waals surface area contributed by atoms with E-state index in [-0.39, 0.29) is 17.1 Å². The Morgan fingerprint density at radius 3 is 2.56 bits per heavy atom. The van der Waals surface area contributed by atoms with Crippen molar-refractivity contribution in [2.45, 2.75) is 0 Å². The molecule has 2 aromatic heterocycles. The van der Waals surface area contributed by atoms with Crippen molar-refractivity contribution in [3.63, 3.8) is 0 Å². The summed E-state index contributed by atoms with van der Waals surface area (Å²) in [5, 5.41) is 25.6. The molecule has 0 atom stereocenters. The molecule has 0 aliphatic carbocycles. The SMILES string of the molecule is N#C/C(=C(/O)c1ccc(-c2ccccc2Cl)o1)c1nc(-c2ccc3ccccc3c2)cs1. The summed E-state index contributed by atoms with van der Waals surface area (Å²) in [6, 6.07) is 26.9. The highest BCUT2D eigenvalue weighted by molar-refractivity contribution is 7.11. The maximum atomic E-state index is 10.8. The molecular weight excluding hydrogens is 440 g/mol. The summed E-state index contributed by atoms with van der Waals surface area (Å²) in [4.78, 5) is 4.60. The Bertz CT molecular complexity index is 1520. The minimum absolute atomic E-state index is 0.0575. The Balaban J connectivity index is 1.50. The zero-order valence-electron chi connectivity index (χ0n) is 16.6. The molecule has 6 heteroatoms. The molecule has 0 spiro atoms. The van der Waals surface area contributed by atoms with Crippen molar-refractivity contribution < 1.29 is 9.52 Å². The minimum atomic E-state index is -0.259. The summed E-state index contributed by atoms with van der Waals surface area (Å²) < 4.78 is 5.79. The average Bonchev–Trinajstić information content (AvgIpc) is 3.50. The Labute approximate surface area is 193 Å². The standard InChI is InChI=1S/C26H15ClN2O2S/c27-21-8-4-3-7-19(21)23-11-12-24(31-23)25(30)20(14-28)26-29-22(15-32-26)18-10-9-16-5-1-2-6-17(16)13-18/h1-13,15,30H/b25-20-. The molecule has 0 saturated heterocycles. The first-order chi connectivity index (χ1) is 15.6. The van der Waals surface area contributed by atoms with Crippen molar-refractivity contribution in [1.82, 2.24) is 4.98 Å². The van der Waals surface area contributed by atoms with Crippen LogP contribution in [0.1, 0.15) is 10.8 Å². The van der Waals surface area contributed by atoms with E-state index in [0.717, 1.165) is 22.0 Å². The molecule has 5 rings (SSSR count). The Morgan fingerprint density at radius 2 is 1.75 bits per heavy atom. The van der Waals surface area contributed by atoms with Gasteiger partial charge in [-0.15, -0.1) is 11.3 Å². The Hall–Kier alpha value is -3.85. The fourth-order valence-electron chi connectivity index (χ4n) is 3.47. The highest BCUT2D eigenvalue weighted by atomic mass is 35.5. The molecule has 0 saturated carbocycles. The van der Waals surface area contributed by atoms with Gasteiger partial charge < -0.3 is 9.52 Å². The van der Waals surface area contributed by atoms with E-state index in [1.54, 1.807) is 18.2 Å². The van der Waals surface area contributed by atoms with Gasteiger partial charge in [0.2, 0.25) is 0 Å². The first-order valence-corrected chi connectivity index (χ1v) is 11.0. The smallest absolute Gasteiger partial charge is 0.179 e. The van der Waals surface area contributed by atoms with E-state index in [0.29, 0.717) is 21.4 Å². The lowest BCUT2D eigenvalue weighted by atomic mass is 10.1. The van der Waals surface area contributed by atoms with Crippen LogP contribution in [0.25, 0.3) is 44.7 Å². The number of fused-ring (bicyclic) bond motifs is 1. The predicted molar refractivity (Wildman–Crippen MR) is 129 cm³/mol. The first kappa shape index (κ1) is 20.1. The number of hydrogen-bond acceptors (Lipinski definition) is 5. The first-order valence-electron chi connectivity index (χ1n) is 9.77. The van der Waals surface area contributed by atoms with Crippen LogP contribution < -0.4 is 0 Å². The average molecular weight is 455 g/mol. The number of allylic oxidation sites excluding steroid dienone is 1. The third-order valence-electron chi connectivity index (χ3n) is 5.09. The zero-order valence-corrected chi connectivity index (χ0v) is 18.2. The number of aliphatic hydroxyl groups is 1. The zero-order chi connectivity index (χ0) is 22.1. The number of benzene rings is 3. The van der Waals surface area contributed by atoms with E-state index in [2.05, 4.69) is 23.2 Å². The lowest BCUT2D eigenvalue weighted by Gasteiger charge is -2.02. The van der Waals surface area contributed by atoms with E-state index in [1.165, 1.54) is 11.3 Å². The summed E-state index contributed by atoms with van der Waals surface area (Å²) in [7, 11) is 0. The number of aromatic nitrogens is 1. The number of furan rings is 1. The molecule has 0 aliphatic rings. The van der Waals surface area contributed by atoms with Gasteiger partial charge in [0.15, 0.2) is 11.5 Å². The van der Waals surface area contributed by atoms with E-state index < -0.39 is 0 Å². The van der Waals surface area contributed by atoms with Crippen LogP contribution in [0.4, 0.5) is 0 Å². The van der Waals surface area contributed by atoms with Gasteiger partial charge in [-0.3, -0.25) is 0 Å². The maximum absolute atomic E-state index is 10.8. The minimum Gasteiger partial charge on any atom is -0.503 e. The summed E-state index contributed by atoms with van der Waals surface area (Å²) in [5.74, 6) is 0.426. The highest BCUT2D eigenvalue weighted by Gasteiger charge is 2.19. The van der Waals surface area contributed by atoms with E-state index in [4.69, 9.17) is 16.0 Å². The van der Waals surface area contributed by atoms with Gasteiger partial charge in [-0.1, -0.05) is 60.1 Å². The molecule has 2 heterocycles. The lowest BCUT2D eigenvalue weighted by Crippen LogP contribution is -1.89. The second kappa shape index (κ2) is 8.35. The van der Waals surface area contributed by atoms with Crippen LogP contribution in [-0.4, -0.2) is 10.1 Å². The van der Waals surface area contributed by atoms with Crippen LogP contribution in [0.5, 0.6) is 0 Å². The van der Waals surface area contributed by atoms with Crippen LogP contribution in [-0.2, 0) is 0 Å². The Kier molecular flexibility index (Phi) is 5.24. The number of nitrogens with zero attached hydrogens (tertiary/aromatic N) is 2. The fraction of sp³-hybridized carbons (Fsp3) is 0. The maximum Gasteiger partial charge on any atom is 0.179 e. The van der Waals surface area contributed by atoms with Crippen molar-refractivity contribution in [3.8, 4) is 28.7 Å². The van der Waals surface area contributed by atoms with Crippen molar-refractivity contribution in [2.24, 2.45) is 0 Å². The molecule has 0 amide bonds. The molecule has 0 unspecified atom stereocenters. The van der Waals surface area contributed by atoms with Gasteiger partial charge in [0, 0.05) is 16.5 Å².